The van der Waals surface area contributed by atoms with Crippen molar-refractivity contribution in [3.05, 3.63) is 186 Å². The second-order valence-electron chi connectivity index (χ2n) is 19.2. The van der Waals surface area contributed by atoms with Crippen LogP contribution in [0.2, 0.25) is 0 Å². The summed E-state index contributed by atoms with van der Waals surface area (Å²) in [6.45, 7) is 0. The second kappa shape index (κ2) is 12.9. The molecule has 0 aliphatic heterocycles. The molecular weight excluding hydrogens is 711 g/mol. The standard InChI is InChI=1S/C58H51N/c1-3-12-40(13-4-1)42-14-11-15-43(35-42)41-20-22-46(23-21-41)59(47-25-27-54-52(36-47)50-17-5-7-18-53(50)57(54)28-9-2-10-29-57)48-24-26-51-49-16-6-8-19-55(49)58(56(51)37-48)44-31-38-30-39(33-44)34-45(58)32-38/h1,3-8,11-27,35-39,44-45H,2,9-10,28-34H2. The van der Waals surface area contributed by atoms with Crippen LogP contribution in [0.3, 0.4) is 0 Å². The quantitative estimate of drug-likeness (QED) is 0.169. The van der Waals surface area contributed by atoms with Crippen molar-refractivity contribution < 1.29 is 0 Å². The minimum Gasteiger partial charge on any atom is -0.310 e. The molecule has 7 aromatic rings. The summed E-state index contributed by atoms with van der Waals surface area (Å²) >= 11 is 0. The third-order valence-electron chi connectivity index (χ3n) is 16.4. The number of hydrogen-bond acceptors (Lipinski definition) is 1. The van der Waals surface area contributed by atoms with E-state index in [1.807, 2.05) is 0 Å². The number of fused-ring (bicyclic) bond motifs is 8. The SMILES string of the molecule is c1ccc(-c2cccc(-c3ccc(N(c4ccc5c(c4)-c4ccccc4C54CCCCC4)c4ccc5c(c4)C4(c6ccccc6-5)C5CC6CC(C5)CC4C6)cc3)c2)cc1. The first-order valence-electron chi connectivity index (χ1n) is 22.7. The average molecular weight is 762 g/mol. The van der Waals surface area contributed by atoms with Crippen molar-refractivity contribution in [3.8, 4) is 44.5 Å². The Morgan fingerprint density at radius 2 is 0.898 bits per heavy atom. The van der Waals surface area contributed by atoms with E-state index in [9.17, 15) is 0 Å². The normalized spacial score (nSPS) is 24.8. The van der Waals surface area contributed by atoms with E-state index in [2.05, 4.69) is 169 Å². The molecule has 2 spiro atoms. The van der Waals surface area contributed by atoms with Gasteiger partial charge in [-0.3, -0.25) is 0 Å². The van der Waals surface area contributed by atoms with Crippen LogP contribution in [0.1, 0.15) is 86.5 Å². The molecule has 0 atom stereocenters. The lowest BCUT2D eigenvalue weighted by Gasteiger charge is -2.61. The molecule has 1 heteroatoms. The Morgan fingerprint density at radius 3 is 1.63 bits per heavy atom. The van der Waals surface area contributed by atoms with Crippen molar-refractivity contribution in [1.82, 2.24) is 0 Å². The lowest BCUT2D eigenvalue weighted by atomic mass is 9.43. The molecule has 1 nitrogen and oxygen atoms in total. The van der Waals surface area contributed by atoms with Crippen molar-refractivity contribution in [2.45, 2.75) is 75.0 Å². The fourth-order valence-corrected chi connectivity index (χ4v) is 14.3. The Morgan fingerprint density at radius 1 is 0.356 bits per heavy atom. The van der Waals surface area contributed by atoms with E-state index in [1.165, 1.54) is 126 Å². The summed E-state index contributed by atoms with van der Waals surface area (Å²) in [7, 11) is 0. The van der Waals surface area contributed by atoms with Gasteiger partial charge in [0.25, 0.3) is 0 Å². The molecular formula is C58H51N. The van der Waals surface area contributed by atoms with E-state index in [4.69, 9.17) is 0 Å². The van der Waals surface area contributed by atoms with Gasteiger partial charge in [0.15, 0.2) is 0 Å². The Hall–Kier alpha value is -5.66. The van der Waals surface area contributed by atoms with E-state index < -0.39 is 0 Å². The molecule has 0 radical (unpaired) electrons. The Kier molecular flexibility index (Phi) is 7.49. The first-order valence-corrected chi connectivity index (χ1v) is 22.7. The van der Waals surface area contributed by atoms with Crippen LogP contribution in [0, 0.1) is 23.7 Å². The van der Waals surface area contributed by atoms with E-state index in [1.54, 1.807) is 22.3 Å². The molecule has 5 saturated carbocycles. The van der Waals surface area contributed by atoms with Crippen LogP contribution >= 0.6 is 0 Å². The van der Waals surface area contributed by atoms with E-state index in [0.717, 1.165) is 23.7 Å². The largest absolute Gasteiger partial charge is 0.310 e. The third-order valence-corrected chi connectivity index (χ3v) is 16.4. The van der Waals surface area contributed by atoms with Gasteiger partial charge in [-0.2, -0.15) is 0 Å². The molecule has 0 N–H and O–H groups in total. The van der Waals surface area contributed by atoms with Crippen molar-refractivity contribution in [3.63, 3.8) is 0 Å². The predicted molar refractivity (Wildman–Crippen MR) is 245 cm³/mol. The van der Waals surface area contributed by atoms with Crippen LogP contribution in [0.4, 0.5) is 17.1 Å². The maximum Gasteiger partial charge on any atom is 0.0468 e. The summed E-state index contributed by atoms with van der Waals surface area (Å²) < 4.78 is 0. The summed E-state index contributed by atoms with van der Waals surface area (Å²) in [5.41, 5.74) is 21.2. The van der Waals surface area contributed by atoms with Gasteiger partial charge in [-0.25, -0.2) is 0 Å². The Bertz CT molecular complexity index is 2740. The zero-order valence-corrected chi connectivity index (χ0v) is 33.9. The molecule has 0 aromatic heterocycles. The van der Waals surface area contributed by atoms with Crippen molar-refractivity contribution >= 4 is 17.1 Å². The molecule has 7 aromatic carbocycles. The van der Waals surface area contributed by atoms with E-state index in [0.29, 0.717) is 0 Å². The van der Waals surface area contributed by atoms with Crippen LogP contribution in [-0.4, -0.2) is 0 Å². The van der Waals surface area contributed by atoms with E-state index in [-0.39, 0.29) is 10.8 Å². The monoisotopic (exact) mass is 761 g/mol. The fourth-order valence-electron chi connectivity index (χ4n) is 14.3. The first kappa shape index (κ1) is 34.2. The maximum atomic E-state index is 2.67. The lowest BCUT2D eigenvalue weighted by Crippen LogP contribution is -2.55. The molecule has 0 amide bonds. The lowest BCUT2D eigenvalue weighted by molar-refractivity contribution is -0.0399. The van der Waals surface area contributed by atoms with Crippen molar-refractivity contribution in [1.29, 1.82) is 0 Å². The molecule has 7 aliphatic carbocycles. The van der Waals surface area contributed by atoms with Gasteiger partial charge in [-0.15, -0.1) is 0 Å². The van der Waals surface area contributed by atoms with Gasteiger partial charge in [0.2, 0.25) is 0 Å². The second-order valence-corrected chi connectivity index (χ2v) is 19.2. The van der Waals surface area contributed by atoms with Crippen LogP contribution in [0.25, 0.3) is 44.5 Å². The summed E-state index contributed by atoms with van der Waals surface area (Å²) in [6.07, 6.45) is 13.5. The van der Waals surface area contributed by atoms with Gasteiger partial charge < -0.3 is 4.90 Å². The van der Waals surface area contributed by atoms with Crippen LogP contribution < -0.4 is 4.90 Å². The smallest absolute Gasteiger partial charge is 0.0468 e. The van der Waals surface area contributed by atoms with Gasteiger partial charge in [-0.1, -0.05) is 141 Å². The Labute approximate surface area is 349 Å². The molecule has 4 bridgehead atoms. The zero-order chi connectivity index (χ0) is 38.7. The number of hydrogen-bond donors (Lipinski definition) is 0. The minimum absolute atomic E-state index is 0.124. The number of benzene rings is 7. The highest BCUT2D eigenvalue weighted by Gasteiger charge is 2.61. The predicted octanol–water partition coefficient (Wildman–Crippen LogP) is 15.4. The van der Waals surface area contributed by atoms with Crippen LogP contribution in [0.15, 0.2) is 164 Å². The molecule has 0 saturated heterocycles. The summed E-state index contributed by atoms with van der Waals surface area (Å²) in [4.78, 5) is 2.59. The van der Waals surface area contributed by atoms with E-state index >= 15 is 0 Å². The molecule has 0 unspecified atom stereocenters. The van der Waals surface area contributed by atoms with Gasteiger partial charge in [0, 0.05) is 27.9 Å². The number of rotatable bonds is 5. The highest BCUT2D eigenvalue weighted by Crippen LogP contribution is 2.69. The average Bonchev–Trinajstić information content (AvgIpc) is 3.73. The maximum absolute atomic E-state index is 2.67. The van der Waals surface area contributed by atoms with Gasteiger partial charge in [-0.05, 0) is 178 Å². The molecule has 7 aliphatic rings. The van der Waals surface area contributed by atoms with Gasteiger partial charge >= 0.3 is 0 Å². The highest BCUT2D eigenvalue weighted by atomic mass is 15.1. The molecule has 288 valence electrons. The molecule has 0 heterocycles. The van der Waals surface area contributed by atoms with Gasteiger partial charge in [0.05, 0.1) is 0 Å². The summed E-state index contributed by atoms with van der Waals surface area (Å²) in [6, 6.07) is 63.2. The minimum atomic E-state index is 0.124. The van der Waals surface area contributed by atoms with Gasteiger partial charge in [0.1, 0.15) is 0 Å². The number of nitrogens with zero attached hydrogens (tertiary/aromatic N) is 1. The number of anilines is 3. The van der Waals surface area contributed by atoms with Crippen LogP contribution in [-0.2, 0) is 10.8 Å². The van der Waals surface area contributed by atoms with Crippen molar-refractivity contribution in [2.75, 3.05) is 4.90 Å². The zero-order valence-electron chi connectivity index (χ0n) is 33.9. The van der Waals surface area contributed by atoms with Crippen LogP contribution in [0.5, 0.6) is 0 Å². The van der Waals surface area contributed by atoms with Crippen molar-refractivity contribution in [2.24, 2.45) is 23.7 Å². The molecule has 14 rings (SSSR count). The highest BCUT2D eigenvalue weighted by molar-refractivity contribution is 5.90. The molecule has 5 fully saturated rings. The molecule has 59 heavy (non-hydrogen) atoms. The summed E-state index contributed by atoms with van der Waals surface area (Å²) in [5, 5.41) is 0. The fraction of sp³-hybridized carbons (Fsp3) is 0.276. The third kappa shape index (κ3) is 4.91. The summed E-state index contributed by atoms with van der Waals surface area (Å²) in [5.74, 6) is 3.32. The first-order chi connectivity index (χ1) is 29.2. The topological polar surface area (TPSA) is 3.24 Å². The Balaban J connectivity index is 0.976.